The standard InChI is InChI=1S/C21H20O2/c1-21(2,16-8-4-3-5-9-16)20-12-11-18(23)14-19(20)15-7-6-10-17(22)13-15/h3-14,22-23H,1-2H3. The van der Waals surface area contributed by atoms with E-state index in [-0.39, 0.29) is 16.9 Å². The second-order valence-corrected chi connectivity index (χ2v) is 6.27. The van der Waals surface area contributed by atoms with Crippen molar-refractivity contribution < 1.29 is 10.2 Å². The topological polar surface area (TPSA) is 40.5 Å². The molecule has 2 N–H and O–H groups in total. The van der Waals surface area contributed by atoms with Crippen molar-refractivity contribution in [2.24, 2.45) is 0 Å². The third-order valence-electron chi connectivity index (χ3n) is 4.33. The minimum Gasteiger partial charge on any atom is -0.508 e. The number of hydrogen-bond acceptors (Lipinski definition) is 2. The summed E-state index contributed by atoms with van der Waals surface area (Å²) in [5.41, 5.74) is 3.89. The molecule has 2 heteroatoms. The van der Waals surface area contributed by atoms with Crippen LogP contribution in [0.15, 0.2) is 72.8 Å². The van der Waals surface area contributed by atoms with Crippen LogP contribution in [-0.2, 0) is 5.41 Å². The van der Waals surface area contributed by atoms with Gasteiger partial charge in [0.2, 0.25) is 0 Å². The van der Waals surface area contributed by atoms with E-state index in [2.05, 4.69) is 26.0 Å². The van der Waals surface area contributed by atoms with E-state index in [4.69, 9.17) is 0 Å². The van der Waals surface area contributed by atoms with E-state index in [1.54, 1.807) is 24.3 Å². The quantitative estimate of drug-likeness (QED) is 0.707. The molecule has 0 fully saturated rings. The van der Waals surface area contributed by atoms with E-state index in [1.807, 2.05) is 36.4 Å². The summed E-state index contributed by atoms with van der Waals surface area (Å²) in [6, 6.07) is 22.9. The number of phenolic OH excluding ortho intramolecular Hbond substituents is 2. The third kappa shape index (κ3) is 2.93. The van der Waals surface area contributed by atoms with Crippen LogP contribution in [0.4, 0.5) is 0 Å². The monoisotopic (exact) mass is 304 g/mol. The number of hydrogen-bond donors (Lipinski definition) is 2. The average Bonchev–Trinajstić information content (AvgIpc) is 2.55. The molecule has 0 bridgehead atoms. The van der Waals surface area contributed by atoms with Gasteiger partial charge in [-0.1, -0.05) is 62.4 Å². The molecule has 3 aromatic carbocycles. The van der Waals surface area contributed by atoms with Crippen LogP contribution < -0.4 is 0 Å². The summed E-state index contributed by atoms with van der Waals surface area (Å²) < 4.78 is 0. The Morgan fingerprint density at radius 1 is 0.696 bits per heavy atom. The van der Waals surface area contributed by atoms with Gasteiger partial charge in [-0.05, 0) is 46.5 Å². The van der Waals surface area contributed by atoms with Gasteiger partial charge in [0.1, 0.15) is 11.5 Å². The minimum absolute atomic E-state index is 0.217. The molecule has 0 aliphatic heterocycles. The highest BCUT2D eigenvalue weighted by Gasteiger charge is 2.26. The van der Waals surface area contributed by atoms with Gasteiger partial charge in [-0.2, -0.15) is 0 Å². The minimum atomic E-state index is -0.226. The maximum Gasteiger partial charge on any atom is 0.116 e. The molecular formula is C21H20O2. The van der Waals surface area contributed by atoms with Crippen LogP contribution in [0, 0.1) is 0 Å². The Balaban J connectivity index is 2.21. The zero-order chi connectivity index (χ0) is 16.4. The summed E-state index contributed by atoms with van der Waals surface area (Å²) >= 11 is 0. The van der Waals surface area contributed by atoms with Crippen molar-refractivity contribution in [1.82, 2.24) is 0 Å². The summed E-state index contributed by atoms with van der Waals surface area (Å²) in [6.45, 7) is 4.34. The molecule has 3 aromatic rings. The van der Waals surface area contributed by atoms with Crippen LogP contribution in [0.2, 0.25) is 0 Å². The van der Waals surface area contributed by atoms with Gasteiger partial charge in [0, 0.05) is 5.41 Å². The summed E-state index contributed by atoms with van der Waals surface area (Å²) in [5.74, 6) is 0.435. The molecule has 0 spiro atoms. The van der Waals surface area contributed by atoms with Gasteiger partial charge in [0.25, 0.3) is 0 Å². The smallest absolute Gasteiger partial charge is 0.116 e. The van der Waals surface area contributed by atoms with Crippen molar-refractivity contribution in [2.75, 3.05) is 0 Å². The lowest BCUT2D eigenvalue weighted by Crippen LogP contribution is -2.19. The predicted octanol–water partition coefficient (Wildman–Crippen LogP) is 5.09. The molecule has 0 radical (unpaired) electrons. The Bertz CT molecular complexity index is 820. The highest BCUT2D eigenvalue weighted by Crippen LogP contribution is 2.40. The second kappa shape index (κ2) is 5.81. The number of rotatable bonds is 3. The molecule has 0 heterocycles. The van der Waals surface area contributed by atoms with Gasteiger partial charge in [0.05, 0.1) is 0 Å². The summed E-state index contributed by atoms with van der Waals surface area (Å²) in [7, 11) is 0. The van der Waals surface area contributed by atoms with Crippen LogP contribution in [0.3, 0.4) is 0 Å². The molecule has 0 aliphatic carbocycles. The van der Waals surface area contributed by atoms with Crippen molar-refractivity contribution in [3.8, 4) is 22.6 Å². The Morgan fingerprint density at radius 3 is 2.09 bits per heavy atom. The molecule has 116 valence electrons. The zero-order valence-electron chi connectivity index (χ0n) is 13.3. The highest BCUT2D eigenvalue weighted by atomic mass is 16.3. The first-order valence-corrected chi connectivity index (χ1v) is 7.67. The predicted molar refractivity (Wildman–Crippen MR) is 93.8 cm³/mol. The molecule has 0 saturated carbocycles. The van der Waals surface area contributed by atoms with Gasteiger partial charge in [-0.25, -0.2) is 0 Å². The summed E-state index contributed by atoms with van der Waals surface area (Å²) in [4.78, 5) is 0. The van der Waals surface area contributed by atoms with Crippen LogP contribution in [0.1, 0.15) is 25.0 Å². The number of aromatic hydroxyl groups is 2. The van der Waals surface area contributed by atoms with E-state index in [1.165, 1.54) is 5.56 Å². The fraction of sp³-hybridized carbons (Fsp3) is 0.143. The van der Waals surface area contributed by atoms with Gasteiger partial charge in [-0.3, -0.25) is 0 Å². The first-order valence-electron chi connectivity index (χ1n) is 7.67. The Labute approximate surface area is 136 Å². The van der Waals surface area contributed by atoms with E-state index in [0.29, 0.717) is 0 Å². The highest BCUT2D eigenvalue weighted by molar-refractivity contribution is 5.72. The van der Waals surface area contributed by atoms with E-state index in [9.17, 15) is 10.2 Å². The molecule has 23 heavy (non-hydrogen) atoms. The molecule has 0 aliphatic rings. The van der Waals surface area contributed by atoms with Gasteiger partial charge in [-0.15, -0.1) is 0 Å². The Kier molecular flexibility index (Phi) is 3.83. The largest absolute Gasteiger partial charge is 0.508 e. The lowest BCUT2D eigenvalue weighted by atomic mass is 9.75. The Morgan fingerprint density at radius 2 is 1.39 bits per heavy atom. The van der Waals surface area contributed by atoms with Gasteiger partial charge in [0.15, 0.2) is 0 Å². The first kappa shape index (κ1) is 15.2. The molecule has 3 rings (SSSR count). The summed E-state index contributed by atoms with van der Waals surface area (Å²) in [5, 5.41) is 19.7. The normalized spacial score (nSPS) is 11.4. The first-order chi connectivity index (χ1) is 11.0. The van der Waals surface area contributed by atoms with Crippen LogP contribution in [-0.4, -0.2) is 10.2 Å². The van der Waals surface area contributed by atoms with Gasteiger partial charge < -0.3 is 10.2 Å². The van der Waals surface area contributed by atoms with Crippen molar-refractivity contribution in [1.29, 1.82) is 0 Å². The molecule has 0 atom stereocenters. The molecule has 0 saturated heterocycles. The number of benzene rings is 3. The van der Waals surface area contributed by atoms with Crippen LogP contribution in [0.25, 0.3) is 11.1 Å². The lowest BCUT2D eigenvalue weighted by Gasteiger charge is -2.29. The molecule has 0 aromatic heterocycles. The Hall–Kier alpha value is -2.74. The molecular weight excluding hydrogens is 284 g/mol. The fourth-order valence-electron chi connectivity index (χ4n) is 3.00. The molecule has 0 amide bonds. The van der Waals surface area contributed by atoms with Crippen LogP contribution in [0.5, 0.6) is 11.5 Å². The van der Waals surface area contributed by atoms with Crippen molar-refractivity contribution in [3.63, 3.8) is 0 Å². The maximum atomic E-state index is 9.94. The fourth-order valence-corrected chi connectivity index (χ4v) is 3.00. The van der Waals surface area contributed by atoms with Crippen molar-refractivity contribution >= 4 is 0 Å². The molecule has 0 unspecified atom stereocenters. The summed E-state index contributed by atoms with van der Waals surface area (Å²) in [6.07, 6.45) is 0. The SMILES string of the molecule is CC(C)(c1ccccc1)c1ccc(O)cc1-c1cccc(O)c1. The maximum absolute atomic E-state index is 9.94. The van der Waals surface area contributed by atoms with E-state index in [0.717, 1.165) is 16.7 Å². The van der Waals surface area contributed by atoms with Gasteiger partial charge >= 0.3 is 0 Å². The average molecular weight is 304 g/mol. The zero-order valence-corrected chi connectivity index (χ0v) is 13.3. The van der Waals surface area contributed by atoms with E-state index >= 15 is 0 Å². The second-order valence-electron chi connectivity index (χ2n) is 6.27. The van der Waals surface area contributed by atoms with E-state index < -0.39 is 0 Å². The van der Waals surface area contributed by atoms with Crippen molar-refractivity contribution in [3.05, 3.63) is 83.9 Å². The van der Waals surface area contributed by atoms with Crippen LogP contribution >= 0.6 is 0 Å². The number of phenols is 2. The van der Waals surface area contributed by atoms with Crippen molar-refractivity contribution in [2.45, 2.75) is 19.3 Å². The molecule has 2 nitrogen and oxygen atoms in total. The lowest BCUT2D eigenvalue weighted by molar-refractivity contribution is 0.473. The third-order valence-corrected chi connectivity index (χ3v) is 4.33.